The van der Waals surface area contributed by atoms with E-state index in [0.29, 0.717) is 6.42 Å². The number of hydrogen-bond acceptors (Lipinski definition) is 5. The maximum absolute atomic E-state index is 12.3. The molecule has 1 unspecified atom stereocenters. The van der Waals surface area contributed by atoms with Crippen LogP contribution in [0.2, 0.25) is 0 Å². The van der Waals surface area contributed by atoms with Crippen molar-refractivity contribution in [1.29, 1.82) is 0 Å². The van der Waals surface area contributed by atoms with Crippen LogP contribution in [0.1, 0.15) is 42.1 Å². The molecule has 8 nitrogen and oxygen atoms in total. The van der Waals surface area contributed by atoms with E-state index >= 15 is 0 Å². The molecule has 0 saturated heterocycles. The van der Waals surface area contributed by atoms with E-state index in [2.05, 4.69) is 20.4 Å². The van der Waals surface area contributed by atoms with E-state index in [1.54, 1.807) is 6.07 Å². The fraction of sp³-hybridized carbons (Fsp3) is 0.500. The van der Waals surface area contributed by atoms with Gasteiger partial charge in [0.1, 0.15) is 5.69 Å². The molecule has 0 spiro atoms. The average Bonchev–Trinajstić information content (AvgIpc) is 2.87. The summed E-state index contributed by atoms with van der Waals surface area (Å²) in [4.78, 5) is 32.9. The summed E-state index contributed by atoms with van der Waals surface area (Å²) >= 11 is 0. The Kier molecular flexibility index (Phi) is 5.50. The standard InChI is InChI=1S/C16H23N5O3/c1-9(2)12(5-6-22)19-15(24)13-8-14(23)21(20-13)16-17-10(3)7-11(4)18-16/h7-9,12,20,22H,5-6H2,1-4H3,(H,19,24). The number of nitrogens with zero attached hydrogens (tertiary/aromatic N) is 3. The summed E-state index contributed by atoms with van der Waals surface area (Å²) in [6.07, 6.45) is 0.453. The van der Waals surface area contributed by atoms with Gasteiger partial charge in [0.15, 0.2) is 0 Å². The number of carbonyl (C=O) groups is 1. The van der Waals surface area contributed by atoms with Gasteiger partial charge in [-0.05, 0) is 32.3 Å². The number of rotatable bonds is 6. The van der Waals surface area contributed by atoms with Crippen molar-refractivity contribution in [3.05, 3.63) is 39.6 Å². The van der Waals surface area contributed by atoms with Crippen LogP contribution in [0.3, 0.4) is 0 Å². The first kappa shape index (κ1) is 17.9. The Morgan fingerprint density at radius 2 is 1.92 bits per heavy atom. The molecule has 130 valence electrons. The lowest BCUT2D eigenvalue weighted by Gasteiger charge is -2.20. The van der Waals surface area contributed by atoms with Gasteiger partial charge in [-0.2, -0.15) is 4.68 Å². The zero-order valence-electron chi connectivity index (χ0n) is 14.3. The van der Waals surface area contributed by atoms with E-state index < -0.39 is 11.5 Å². The number of aliphatic hydroxyl groups excluding tert-OH is 1. The Hall–Kier alpha value is -2.48. The van der Waals surface area contributed by atoms with Crippen LogP contribution in [0.5, 0.6) is 0 Å². The summed E-state index contributed by atoms with van der Waals surface area (Å²) in [7, 11) is 0. The molecule has 2 aromatic heterocycles. The summed E-state index contributed by atoms with van der Waals surface area (Å²) in [6, 6.07) is 2.84. The van der Waals surface area contributed by atoms with Gasteiger partial charge >= 0.3 is 0 Å². The zero-order valence-corrected chi connectivity index (χ0v) is 14.3. The van der Waals surface area contributed by atoms with Crippen LogP contribution in [0.4, 0.5) is 0 Å². The molecule has 2 rings (SSSR count). The van der Waals surface area contributed by atoms with Crippen LogP contribution in [0.25, 0.3) is 5.95 Å². The SMILES string of the molecule is Cc1cc(C)nc(-n2[nH]c(C(=O)NC(CCO)C(C)C)cc2=O)n1. The van der Waals surface area contributed by atoms with E-state index in [1.165, 1.54) is 6.07 Å². The molecule has 8 heteroatoms. The van der Waals surface area contributed by atoms with Crippen molar-refractivity contribution >= 4 is 5.91 Å². The predicted octanol–water partition coefficient (Wildman–Crippen LogP) is 0.709. The number of aromatic nitrogens is 4. The fourth-order valence-corrected chi connectivity index (χ4v) is 2.43. The molecule has 1 atom stereocenters. The second-order valence-electron chi connectivity index (χ2n) is 6.13. The first-order valence-electron chi connectivity index (χ1n) is 7.88. The maximum atomic E-state index is 12.3. The molecule has 0 fully saturated rings. The molecule has 0 aliphatic heterocycles. The van der Waals surface area contributed by atoms with Crippen molar-refractivity contribution in [1.82, 2.24) is 25.1 Å². The number of hydrogen-bond donors (Lipinski definition) is 3. The molecule has 0 radical (unpaired) electrons. The van der Waals surface area contributed by atoms with Gasteiger partial charge in [-0.15, -0.1) is 0 Å². The number of aryl methyl sites for hydroxylation is 2. The van der Waals surface area contributed by atoms with Gasteiger partial charge in [0.25, 0.3) is 17.4 Å². The van der Waals surface area contributed by atoms with Crippen LogP contribution in [-0.4, -0.2) is 43.4 Å². The summed E-state index contributed by atoms with van der Waals surface area (Å²) in [5.41, 5.74) is 1.18. The predicted molar refractivity (Wildman–Crippen MR) is 89.2 cm³/mol. The number of H-pyrrole nitrogens is 1. The molecule has 0 saturated carbocycles. The third kappa shape index (κ3) is 4.08. The molecule has 2 aromatic rings. The Labute approximate surface area is 139 Å². The normalized spacial score (nSPS) is 12.4. The topological polar surface area (TPSA) is 113 Å². The zero-order chi connectivity index (χ0) is 17.9. The van der Waals surface area contributed by atoms with Crippen LogP contribution < -0.4 is 10.9 Å². The van der Waals surface area contributed by atoms with Crippen molar-refractivity contribution in [2.24, 2.45) is 5.92 Å². The molecular weight excluding hydrogens is 310 g/mol. The van der Waals surface area contributed by atoms with E-state index in [1.807, 2.05) is 27.7 Å². The van der Waals surface area contributed by atoms with Crippen LogP contribution in [0, 0.1) is 19.8 Å². The first-order valence-corrected chi connectivity index (χ1v) is 7.88. The van der Waals surface area contributed by atoms with Crippen molar-refractivity contribution in [3.8, 4) is 5.95 Å². The number of amides is 1. The third-order valence-corrected chi connectivity index (χ3v) is 3.70. The van der Waals surface area contributed by atoms with Crippen molar-refractivity contribution in [3.63, 3.8) is 0 Å². The molecule has 0 bridgehead atoms. The van der Waals surface area contributed by atoms with E-state index in [4.69, 9.17) is 5.11 Å². The quantitative estimate of drug-likeness (QED) is 0.720. The number of nitrogens with one attached hydrogen (secondary N) is 2. The molecule has 0 aliphatic carbocycles. The van der Waals surface area contributed by atoms with Crippen LogP contribution >= 0.6 is 0 Å². The molecular formula is C16H23N5O3. The minimum atomic E-state index is -0.409. The second kappa shape index (κ2) is 7.39. The average molecular weight is 333 g/mol. The lowest BCUT2D eigenvalue weighted by molar-refractivity contribution is 0.0911. The fourth-order valence-electron chi connectivity index (χ4n) is 2.43. The Morgan fingerprint density at radius 1 is 1.29 bits per heavy atom. The third-order valence-electron chi connectivity index (χ3n) is 3.70. The minimum Gasteiger partial charge on any atom is -0.396 e. The van der Waals surface area contributed by atoms with Crippen LogP contribution in [-0.2, 0) is 0 Å². The lowest BCUT2D eigenvalue weighted by atomic mass is 10.0. The van der Waals surface area contributed by atoms with E-state index in [0.717, 1.165) is 16.1 Å². The molecule has 24 heavy (non-hydrogen) atoms. The highest BCUT2D eigenvalue weighted by Crippen LogP contribution is 2.07. The largest absolute Gasteiger partial charge is 0.396 e. The van der Waals surface area contributed by atoms with Crippen molar-refractivity contribution < 1.29 is 9.90 Å². The summed E-state index contributed by atoms with van der Waals surface area (Å²) in [5, 5.41) is 14.7. The molecule has 2 heterocycles. The molecule has 1 amide bonds. The van der Waals surface area contributed by atoms with Gasteiger partial charge in [0.05, 0.1) is 0 Å². The highest BCUT2D eigenvalue weighted by atomic mass is 16.3. The van der Waals surface area contributed by atoms with Gasteiger partial charge in [-0.3, -0.25) is 14.7 Å². The smallest absolute Gasteiger partial charge is 0.274 e. The Morgan fingerprint density at radius 3 is 2.46 bits per heavy atom. The number of aliphatic hydroxyl groups is 1. The van der Waals surface area contributed by atoms with Gasteiger partial charge in [0.2, 0.25) is 0 Å². The van der Waals surface area contributed by atoms with E-state index in [-0.39, 0.29) is 30.2 Å². The highest BCUT2D eigenvalue weighted by Gasteiger charge is 2.19. The highest BCUT2D eigenvalue weighted by molar-refractivity contribution is 5.92. The summed E-state index contributed by atoms with van der Waals surface area (Å²) < 4.78 is 1.14. The number of carbonyl (C=O) groups excluding carboxylic acids is 1. The molecule has 3 N–H and O–H groups in total. The monoisotopic (exact) mass is 333 g/mol. The van der Waals surface area contributed by atoms with Gasteiger partial charge in [0, 0.05) is 30.1 Å². The lowest BCUT2D eigenvalue weighted by Crippen LogP contribution is -2.39. The Balaban J connectivity index is 2.27. The summed E-state index contributed by atoms with van der Waals surface area (Å²) in [6.45, 7) is 7.51. The Bertz CT molecular complexity index is 758. The summed E-state index contributed by atoms with van der Waals surface area (Å²) in [5.74, 6) is -0.0349. The number of aromatic amines is 1. The van der Waals surface area contributed by atoms with Crippen LogP contribution in [0.15, 0.2) is 16.9 Å². The molecule has 0 aromatic carbocycles. The maximum Gasteiger partial charge on any atom is 0.274 e. The minimum absolute atomic E-state index is 0.0168. The van der Waals surface area contributed by atoms with Gasteiger partial charge in [-0.1, -0.05) is 13.8 Å². The van der Waals surface area contributed by atoms with Gasteiger partial charge < -0.3 is 10.4 Å². The second-order valence-corrected chi connectivity index (χ2v) is 6.13. The van der Waals surface area contributed by atoms with Crippen molar-refractivity contribution in [2.75, 3.05) is 6.61 Å². The van der Waals surface area contributed by atoms with Gasteiger partial charge in [-0.25, -0.2) is 9.97 Å². The van der Waals surface area contributed by atoms with Crippen molar-refractivity contribution in [2.45, 2.75) is 40.2 Å². The first-order chi connectivity index (χ1) is 11.3. The molecule has 0 aliphatic rings. The van der Waals surface area contributed by atoms with E-state index in [9.17, 15) is 9.59 Å².